The summed E-state index contributed by atoms with van der Waals surface area (Å²) < 4.78 is 48.1. The summed E-state index contributed by atoms with van der Waals surface area (Å²) in [4.78, 5) is 28.8. The molecule has 1 heterocycles. The Labute approximate surface area is 229 Å². The number of ether oxygens (including phenoxy) is 1. The number of carbonyl (C=O) groups excluding carboxylic acids is 2. The zero-order chi connectivity index (χ0) is 27.7. The fraction of sp³-hybridized carbons (Fsp3) is 0.400. The third-order valence-electron chi connectivity index (χ3n) is 7.34. The molecule has 0 aromatic heterocycles. The minimum atomic E-state index is -4.86. The van der Waals surface area contributed by atoms with Crippen LogP contribution in [0.5, 0.6) is 0 Å². The summed E-state index contributed by atoms with van der Waals surface area (Å²) >= 11 is 17.8. The van der Waals surface area contributed by atoms with Crippen LogP contribution in [0.3, 0.4) is 0 Å². The van der Waals surface area contributed by atoms with Crippen molar-refractivity contribution < 1.29 is 37.4 Å². The van der Waals surface area contributed by atoms with Crippen molar-refractivity contribution in [2.45, 2.75) is 55.1 Å². The van der Waals surface area contributed by atoms with Crippen LogP contribution in [0, 0.1) is 5.92 Å². The molecule has 1 aliphatic heterocycles. The average molecular weight is 592 g/mol. The highest BCUT2D eigenvalue weighted by Crippen LogP contribution is 2.51. The second-order valence-corrected chi connectivity index (χ2v) is 11.1. The number of oxime groups is 1. The Morgan fingerprint density at radius 2 is 1.63 bits per heavy atom. The molecule has 202 valence electrons. The number of amides is 1. The van der Waals surface area contributed by atoms with Gasteiger partial charge in [0.1, 0.15) is 0 Å². The van der Waals surface area contributed by atoms with Crippen molar-refractivity contribution in [1.82, 2.24) is 0 Å². The Kier molecular flexibility index (Phi) is 6.41. The molecule has 1 amide bonds. The van der Waals surface area contributed by atoms with Crippen LogP contribution in [0.4, 0.5) is 13.2 Å². The Morgan fingerprint density at radius 1 is 1.05 bits per heavy atom. The first-order valence-corrected chi connectivity index (χ1v) is 12.7. The third-order valence-corrected chi connectivity index (χ3v) is 8.54. The van der Waals surface area contributed by atoms with Gasteiger partial charge in [-0.25, -0.2) is 0 Å². The summed E-state index contributed by atoms with van der Waals surface area (Å²) in [5.74, 6) is -1.88. The van der Waals surface area contributed by atoms with Gasteiger partial charge in [0.05, 0.1) is 32.3 Å². The highest BCUT2D eigenvalue weighted by Gasteiger charge is 2.62. The molecule has 38 heavy (non-hydrogen) atoms. The van der Waals surface area contributed by atoms with Crippen molar-refractivity contribution >= 4 is 52.4 Å². The van der Waals surface area contributed by atoms with Crippen molar-refractivity contribution in [3.63, 3.8) is 0 Å². The maximum Gasteiger partial charge on any atom is 0.435 e. The Bertz CT molecular complexity index is 1330. The first-order valence-electron chi connectivity index (χ1n) is 11.5. The molecule has 5 rings (SSSR count). The van der Waals surface area contributed by atoms with E-state index in [0.29, 0.717) is 24.0 Å². The second kappa shape index (κ2) is 9.01. The quantitative estimate of drug-likeness (QED) is 0.346. The number of hydrogen-bond donors (Lipinski definition) is 2. The van der Waals surface area contributed by atoms with E-state index in [1.807, 2.05) is 0 Å². The van der Waals surface area contributed by atoms with Crippen molar-refractivity contribution in [2.24, 2.45) is 16.8 Å². The summed E-state index contributed by atoms with van der Waals surface area (Å²) in [5, 5.41) is 14.3. The number of alkyl halides is 3. The number of halogens is 6. The van der Waals surface area contributed by atoms with Crippen LogP contribution in [0.25, 0.3) is 0 Å². The molecular formula is C25H20Cl3F3N2O5. The lowest BCUT2D eigenvalue weighted by Crippen LogP contribution is -2.47. The van der Waals surface area contributed by atoms with E-state index in [1.54, 1.807) is 12.1 Å². The molecule has 3 aliphatic rings. The normalized spacial score (nSPS) is 27.7. The van der Waals surface area contributed by atoms with E-state index in [9.17, 15) is 27.9 Å². The van der Waals surface area contributed by atoms with E-state index in [2.05, 4.69) is 5.16 Å². The van der Waals surface area contributed by atoms with Gasteiger partial charge in [0.2, 0.25) is 0 Å². The minimum Gasteiger partial charge on any atom is -0.449 e. The summed E-state index contributed by atoms with van der Waals surface area (Å²) in [7, 11) is 0. The smallest absolute Gasteiger partial charge is 0.435 e. The molecule has 1 unspecified atom stereocenters. The first-order chi connectivity index (χ1) is 17.7. The Balaban J connectivity index is 1.29. The van der Waals surface area contributed by atoms with E-state index >= 15 is 0 Å². The van der Waals surface area contributed by atoms with Crippen LogP contribution in [0.1, 0.15) is 48.8 Å². The Morgan fingerprint density at radius 3 is 2.13 bits per heavy atom. The maximum atomic E-state index is 14.3. The van der Waals surface area contributed by atoms with Crippen molar-refractivity contribution in [1.29, 1.82) is 0 Å². The molecule has 0 radical (unpaired) electrons. The van der Waals surface area contributed by atoms with Crippen LogP contribution in [0.2, 0.25) is 15.1 Å². The van der Waals surface area contributed by atoms with Crippen LogP contribution in [0.15, 0.2) is 41.6 Å². The van der Waals surface area contributed by atoms with Gasteiger partial charge in [0.25, 0.3) is 11.5 Å². The monoisotopic (exact) mass is 590 g/mol. The molecule has 2 aromatic carbocycles. The molecule has 3 N–H and O–H groups in total. The van der Waals surface area contributed by atoms with Gasteiger partial charge in [-0.3, -0.25) is 9.59 Å². The lowest BCUT2D eigenvalue weighted by molar-refractivity contribution is -0.275. The number of rotatable bonds is 6. The van der Waals surface area contributed by atoms with E-state index in [1.165, 1.54) is 12.1 Å². The summed E-state index contributed by atoms with van der Waals surface area (Å²) in [6.45, 7) is 0. The SMILES string of the molecule is NC(=O)C1(OC(=O)C2CC(O)(c3ccc(C4=NOC(c5cc(Cl)c(Cl)c(Cl)c5)(C(F)(F)F)C4)cc3)C2)CC1. The van der Waals surface area contributed by atoms with Crippen molar-refractivity contribution in [3.8, 4) is 0 Å². The van der Waals surface area contributed by atoms with Crippen molar-refractivity contribution in [2.75, 3.05) is 0 Å². The number of carbonyl (C=O) groups is 2. The topological polar surface area (TPSA) is 111 Å². The lowest BCUT2D eigenvalue weighted by Gasteiger charge is -2.43. The predicted octanol–water partition coefficient (Wildman–Crippen LogP) is 5.39. The van der Waals surface area contributed by atoms with Gasteiger partial charge in [-0.1, -0.05) is 64.2 Å². The van der Waals surface area contributed by atoms with Gasteiger partial charge >= 0.3 is 12.1 Å². The zero-order valence-electron chi connectivity index (χ0n) is 19.4. The number of primary amides is 1. The van der Waals surface area contributed by atoms with Gasteiger partial charge in [-0.2, -0.15) is 13.2 Å². The van der Waals surface area contributed by atoms with Gasteiger partial charge in [-0.05, 0) is 36.1 Å². The average Bonchev–Trinajstić information content (AvgIpc) is 3.46. The van der Waals surface area contributed by atoms with E-state index in [-0.39, 0.29) is 39.2 Å². The third kappa shape index (κ3) is 4.41. The fourth-order valence-corrected chi connectivity index (χ4v) is 5.36. The summed E-state index contributed by atoms with van der Waals surface area (Å²) in [6.07, 6.45) is -4.61. The van der Waals surface area contributed by atoms with Crippen LogP contribution < -0.4 is 5.73 Å². The van der Waals surface area contributed by atoms with E-state index < -0.39 is 47.2 Å². The molecule has 13 heteroatoms. The van der Waals surface area contributed by atoms with E-state index in [0.717, 1.165) is 12.1 Å². The highest BCUT2D eigenvalue weighted by molar-refractivity contribution is 6.48. The van der Waals surface area contributed by atoms with Crippen LogP contribution in [-0.2, 0) is 30.4 Å². The van der Waals surface area contributed by atoms with Gasteiger partial charge < -0.3 is 20.4 Å². The molecule has 0 bridgehead atoms. The lowest BCUT2D eigenvalue weighted by atomic mass is 9.67. The molecule has 0 spiro atoms. The fourth-order valence-electron chi connectivity index (χ4n) is 4.77. The Hall–Kier alpha value is -2.53. The second-order valence-electron chi connectivity index (χ2n) is 9.88. The maximum absolute atomic E-state index is 14.3. The minimum absolute atomic E-state index is 0.0271. The standard InChI is InChI=1S/C25H20Cl3F3N2O5/c26-16-7-15(8-17(27)19(16)28)24(25(29,30)31)11-18(33-38-24)12-1-3-14(4-2-12)22(36)9-13(10-22)20(34)37-23(5-6-23)21(32)35/h1-4,7-8,13,36H,5-6,9-11H2,(H2,32,35). The number of aliphatic hydroxyl groups is 1. The largest absolute Gasteiger partial charge is 0.449 e. The summed E-state index contributed by atoms with van der Waals surface area (Å²) in [5.41, 5.74) is 0.410. The molecule has 2 saturated carbocycles. The molecule has 0 saturated heterocycles. The van der Waals surface area contributed by atoms with Crippen LogP contribution >= 0.6 is 34.8 Å². The van der Waals surface area contributed by atoms with Crippen molar-refractivity contribution in [3.05, 3.63) is 68.2 Å². The van der Waals surface area contributed by atoms with E-state index in [4.69, 9.17) is 50.1 Å². The van der Waals surface area contributed by atoms with Crippen LogP contribution in [-0.4, -0.2) is 34.5 Å². The highest BCUT2D eigenvalue weighted by atomic mass is 35.5. The van der Waals surface area contributed by atoms with Gasteiger partial charge in [0.15, 0.2) is 5.60 Å². The summed E-state index contributed by atoms with van der Waals surface area (Å²) in [6, 6.07) is 8.23. The van der Waals surface area contributed by atoms with Gasteiger partial charge in [0, 0.05) is 24.8 Å². The zero-order valence-corrected chi connectivity index (χ0v) is 21.7. The number of nitrogens with zero attached hydrogens (tertiary/aromatic N) is 1. The molecule has 2 aromatic rings. The molecule has 2 aliphatic carbocycles. The number of esters is 1. The molecular weight excluding hydrogens is 572 g/mol. The van der Waals surface area contributed by atoms with Gasteiger partial charge in [-0.15, -0.1) is 0 Å². The number of benzene rings is 2. The number of hydrogen-bond acceptors (Lipinski definition) is 6. The first kappa shape index (κ1) is 27.1. The molecule has 2 fully saturated rings. The molecule has 1 atom stereocenters. The number of nitrogens with two attached hydrogens (primary N) is 1. The predicted molar refractivity (Wildman–Crippen MR) is 132 cm³/mol. The molecule has 7 nitrogen and oxygen atoms in total.